The van der Waals surface area contributed by atoms with Crippen LogP contribution in [0.3, 0.4) is 0 Å². The quantitative estimate of drug-likeness (QED) is 0.416. The summed E-state index contributed by atoms with van der Waals surface area (Å²) in [5.74, 6) is 0. The average molecular weight is 606 g/mol. The SMILES string of the molecule is Cc1cnc2c(c1)CCC[C@@H]2N(C)CC1Cc2c(cccc2N2CCN(C(=O)OC(C)(C)C)CC2)CN1C(=O)OC(C)(C)C. The number of carbonyl (C=O) groups is 2. The van der Waals surface area contributed by atoms with Crippen molar-refractivity contribution in [2.45, 2.75) is 104 Å². The summed E-state index contributed by atoms with van der Waals surface area (Å²) in [6.45, 7) is 17.5. The highest BCUT2D eigenvalue weighted by Crippen LogP contribution is 2.36. The maximum atomic E-state index is 13.6. The minimum absolute atomic E-state index is 0.0534. The van der Waals surface area contributed by atoms with E-state index in [0.29, 0.717) is 19.6 Å². The molecule has 1 aromatic heterocycles. The monoisotopic (exact) mass is 605 g/mol. The third kappa shape index (κ3) is 7.48. The van der Waals surface area contributed by atoms with Gasteiger partial charge >= 0.3 is 12.2 Å². The van der Waals surface area contributed by atoms with Gasteiger partial charge in [0.2, 0.25) is 0 Å². The van der Waals surface area contributed by atoms with E-state index in [1.807, 2.05) is 52.6 Å². The molecule has 2 aromatic rings. The molecule has 5 rings (SSSR count). The predicted octanol–water partition coefficient (Wildman–Crippen LogP) is 6.12. The molecule has 0 N–H and O–H groups in total. The topological polar surface area (TPSA) is 78.5 Å². The number of fused-ring (bicyclic) bond motifs is 2. The van der Waals surface area contributed by atoms with Crippen LogP contribution < -0.4 is 4.90 Å². The molecule has 1 fully saturated rings. The van der Waals surface area contributed by atoms with Crippen molar-refractivity contribution < 1.29 is 19.1 Å². The molecule has 44 heavy (non-hydrogen) atoms. The average Bonchev–Trinajstić information content (AvgIpc) is 2.94. The van der Waals surface area contributed by atoms with Gasteiger partial charge in [-0.15, -0.1) is 0 Å². The highest BCUT2D eigenvalue weighted by Gasteiger charge is 2.37. The molecule has 1 aromatic carbocycles. The van der Waals surface area contributed by atoms with Gasteiger partial charge in [-0.2, -0.15) is 0 Å². The molecule has 0 radical (unpaired) electrons. The molecule has 0 bridgehead atoms. The number of hydrogen-bond donors (Lipinski definition) is 0. The Hall–Kier alpha value is -3.33. The van der Waals surface area contributed by atoms with E-state index in [1.165, 1.54) is 28.1 Å². The van der Waals surface area contributed by atoms with Gasteiger partial charge in [-0.05, 0) is 110 Å². The van der Waals surface area contributed by atoms with Crippen LogP contribution in [0.5, 0.6) is 0 Å². The fourth-order valence-electron chi connectivity index (χ4n) is 6.77. The highest BCUT2D eigenvalue weighted by atomic mass is 16.6. The summed E-state index contributed by atoms with van der Waals surface area (Å²) < 4.78 is 11.5. The molecule has 0 saturated carbocycles. The van der Waals surface area contributed by atoms with Gasteiger partial charge in [-0.25, -0.2) is 9.59 Å². The lowest BCUT2D eigenvalue weighted by Crippen LogP contribution is -2.52. The third-order valence-corrected chi connectivity index (χ3v) is 8.78. The molecule has 2 amide bonds. The first-order chi connectivity index (χ1) is 20.7. The summed E-state index contributed by atoms with van der Waals surface area (Å²) in [5.41, 5.74) is 6.27. The smallest absolute Gasteiger partial charge is 0.410 e. The maximum Gasteiger partial charge on any atom is 0.410 e. The van der Waals surface area contributed by atoms with E-state index < -0.39 is 11.2 Å². The zero-order valence-electron chi connectivity index (χ0n) is 28.0. The Morgan fingerprint density at radius 1 is 0.977 bits per heavy atom. The molecule has 2 atom stereocenters. The summed E-state index contributed by atoms with van der Waals surface area (Å²) in [5, 5.41) is 0. The van der Waals surface area contributed by atoms with Gasteiger partial charge in [0.05, 0.1) is 17.8 Å². The zero-order valence-corrected chi connectivity index (χ0v) is 28.0. The van der Waals surface area contributed by atoms with E-state index in [-0.39, 0.29) is 24.3 Å². The number of aryl methyl sites for hydroxylation is 2. The number of ether oxygens (including phenoxy) is 2. The lowest BCUT2D eigenvalue weighted by atomic mass is 9.88. The van der Waals surface area contributed by atoms with E-state index in [1.54, 1.807) is 4.90 Å². The van der Waals surface area contributed by atoms with Gasteiger partial charge in [-0.3, -0.25) is 14.8 Å². The summed E-state index contributed by atoms with van der Waals surface area (Å²) in [6.07, 6.45) is 5.46. The molecule has 240 valence electrons. The van der Waals surface area contributed by atoms with Crippen LogP contribution in [0.15, 0.2) is 30.5 Å². The summed E-state index contributed by atoms with van der Waals surface area (Å²) >= 11 is 0. The molecule has 2 aliphatic heterocycles. The Morgan fingerprint density at radius 3 is 2.34 bits per heavy atom. The number of pyridine rings is 1. The largest absolute Gasteiger partial charge is 0.444 e. The first kappa shape index (κ1) is 32.1. The third-order valence-electron chi connectivity index (χ3n) is 8.78. The molecular formula is C35H51N5O4. The number of piperazine rings is 1. The van der Waals surface area contributed by atoms with Crippen LogP contribution in [0.25, 0.3) is 0 Å². The molecular weight excluding hydrogens is 554 g/mol. The van der Waals surface area contributed by atoms with Crippen LogP contribution in [0.2, 0.25) is 0 Å². The van der Waals surface area contributed by atoms with Crippen molar-refractivity contribution in [1.29, 1.82) is 0 Å². The molecule has 3 aliphatic rings. The Bertz CT molecular complexity index is 1360. The van der Waals surface area contributed by atoms with E-state index >= 15 is 0 Å². The number of benzene rings is 1. The van der Waals surface area contributed by atoms with Gasteiger partial charge in [0.15, 0.2) is 0 Å². The standard InChI is InChI=1S/C35H51N5O4/c1-24-19-25-11-9-14-30(31(25)36-21-24)37(8)23-27-20-28-26(22-40(27)33(42)44-35(5,6)7)12-10-13-29(28)38-15-17-39(18-16-38)32(41)43-34(2,3)4/h10,12-13,19,21,27,30H,9,11,14-18,20,22-23H2,1-8H3/t27?,30-/m0/s1. The number of likely N-dealkylation sites (N-methyl/N-ethyl adjacent to an activating group) is 1. The molecule has 1 saturated heterocycles. The number of hydrogen-bond acceptors (Lipinski definition) is 7. The van der Waals surface area contributed by atoms with Crippen molar-refractivity contribution in [3.05, 3.63) is 58.4 Å². The normalized spacial score (nSPS) is 20.7. The Morgan fingerprint density at radius 2 is 1.66 bits per heavy atom. The lowest BCUT2D eigenvalue weighted by molar-refractivity contribution is 0.00643. The second kappa shape index (κ2) is 12.6. The number of anilines is 1. The van der Waals surface area contributed by atoms with Crippen LogP contribution in [-0.2, 0) is 28.9 Å². The van der Waals surface area contributed by atoms with E-state index in [0.717, 1.165) is 50.9 Å². The first-order valence-electron chi connectivity index (χ1n) is 16.2. The number of aromatic nitrogens is 1. The van der Waals surface area contributed by atoms with Crippen molar-refractivity contribution in [2.75, 3.05) is 44.7 Å². The lowest BCUT2D eigenvalue weighted by Gasteiger charge is -2.43. The van der Waals surface area contributed by atoms with E-state index in [9.17, 15) is 9.59 Å². The number of nitrogens with zero attached hydrogens (tertiary/aromatic N) is 5. The molecule has 9 nitrogen and oxygen atoms in total. The minimum atomic E-state index is -0.576. The minimum Gasteiger partial charge on any atom is -0.444 e. The van der Waals surface area contributed by atoms with Crippen molar-refractivity contribution in [1.82, 2.24) is 19.7 Å². The summed E-state index contributed by atoms with van der Waals surface area (Å²) in [4.78, 5) is 39.7. The van der Waals surface area contributed by atoms with Crippen LogP contribution in [0.1, 0.15) is 88.4 Å². The van der Waals surface area contributed by atoms with Crippen molar-refractivity contribution >= 4 is 17.9 Å². The molecule has 0 spiro atoms. The Labute approximate surface area is 263 Å². The van der Waals surface area contributed by atoms with E-state index in [2.05, 4.69) is 48.0 Å². The molecule has 9 heteroatoms. The van der Waals surface area contributed by atoms with Crippen molar-refractivity contribution in [3.63, 3.8) is 0 Å². The predicted molar refractivity (Wildman–Crippen MR) is 173 cm³/mol. The van der Waals surface area contributed by atoms with Gasteiger partial charge < -0.3 is 19.3 Å². The zero-order chi connectivity index (χ0) is 31.8. The molecule has 1 unspecified atom stereocenters. The van der Waals surface area contributed by atoms with Crippen LogP contribution in [0.4, 0.5) is 15.3 Å². The van der Waals surface area contributed by atoms with Crippen LogP contribution in [-0.4, -0.2) is 88.9 Å². The molecule has 1 aliphatic carbocycles. The fourth-order valence-corrected chi connectivity index (χ4v) is 6.77. The Balaban J connectivity index is 1.37. The number of rotatable bonds is 4. The summed E-state index contributed by atoms with van der Waals surface area (Å²) in [6, 6.07) is 8.85. The van der Waals surface area contributed by atoms with Crippen LogP contribution >= 0.6 is 0 Å². The number of amides is 2. The van der Waals surface area contributed by atoms with Crippen molar-refractivity contribution in [3.8, 4) is 0 Å². The fraction of sp³-hybridized carbons (Fsp3) is 0.629. The van der Waals surface area contributed by atoms with E-state index in [4.69, 9.17) is 14.5 Å². The van der Waals surface area contributed by atoms with Gasteiger partial charge in [-0.1, -0.05) is 18.2 Å². The van der Waals surface area contributed by atoms with Crippen LogP contribution in [0, 0.1) is 6.92 Å². The second-order valence-corrected chi connectivity index (χ2v) is 14.7. The maximum absolute atomic E-state index is 13.6. The van der Waals surface area contributed by atoms with Gasteiger partial charge in [0.1, 0.15) is 11.2 Å². The van der Waals surface area contributed by atoms with Crippen molar-refractivity contribution in [2.24, 2.45) is 0 Å². The van der Waals surface area contributed by atoms with Gasteiger partial charge in [0, 0.05) is 51.2 Å². The Kier molecular flexibility index (Phi) is 9.17. The molecule has 3 heterocycles. The first-order valence-corrected chi connectivity index (χ1v) is 16.2. The van der Waals surface area contributed by atoms with Gasteiger partial charge in [0.25, 0.3) is 0 Å². The second-order valence-electron chi connectivity index (χ2n) is 14.7. The summed E-state index contributed by atoms with van der Waals surface area (Å²) in [7, 11) is 2.17. The highest BCUT2D eigenvalue weighted by molar-refractivity contribution is 5.71. The number of carbonyl (C=O) groups excluding carboxylic acids is 2.